The number of ether oxygens (including phenoxy) is 1. The van der Waals surface area contributed by atoms with Crippen molar-refractivity contribution in [3.05, 3.63) is 29.8 Å². The Balaban J connectivity index is 2.52. The first-order valence-corrected chi connectivity index (χ1v) is 7.14. The topological polar surface area (TPSA) is 50.4 Å². The summed E-state index contributed by atoms with van der Waals surface area (Å²) in [6.45, 7) is 2.16. The minimum absolute atomic E-state index is 0.0121. The first kappa shape index (κ1) is 19.2. The van der Waals surface area contributed by atoms with Crippen LogP contribution in [0.2, 0.25) is 0 Å². The van der Waals surface area contributed by atoms with Gasteiger partial charge in [0.1, 0.15) is 6.61 Å². The molecule has 0 aliphatic heterocycles. The number of alkyl halides is 4. The Labute approximate surface area is 132 Å². The van der Waals surface area contributed by atoms with Gasteiger partial charge in [-0.25, -0.2) is 13.6 Å². The number of halogens is 4. The van der Waals surface area contributed by atoms with Crippen LogP contribution in [0.5, 0.6) is 0 Å². The minimum atomic E-state index is -4.17. The summed E-state index contributed by atoms with van der Waals surface area (Å²) in [4.78, 5) is 11.7. The molecule has 0 fully saturated rings. The van der Waals surface area contributed by atoms with E-state index in [4.69, 9.17) is 0 Å². The van der Waals surface area contributed by atoms with Gasteiger partial charge in [0.25, 0.3) is 0 Å². The number of nitrogens with one attached hydrogen (secondary N) is 2. The lowest BCUT2D eigenvalue weighted by molar-refractivity contribution is -0.168. The molecular formula is C15H20F4N2O2. The fourth-order valence-corrected chi connectivity index (χ4v) is 1.60. The first-order chi connectivity index (χ1) is 10.7. The van der Waals surface area contributed by atoms with Gasteiger partial charge in [-0.1, -0.05) is 19.1 Å². The van der Waals surface area contributed by atoms with Crippen LogP contribution in [-0.4, -0.2) is 31.0 Å². The second-order valence-electron chi connectivity index (χ2n) is 5.16. The summed E-state index contributed by atoms with van der Waals surface area (Å²) >= 11 is 0. The van der Waals surface area contributed by atoms with Gasteiger partial charge in [-0.2, -0.15) is 8.78 Å². The molecule has 0 bridgehead atoms. The van der Waals surface area contributed by atoms with Crippen molar-refractivity contribution in [1.29, 1.82) is 0 Å². The van der Waals surface area contributed by atoms with E-state index in [2.05, 4.69) is 15.4 Å². The number of hydrogen-bond donors (Lipinski definition) is 2. The Morgan fingerprint density at radius 1 is 1.35 bits per heavy atom. The minimum Gasteiger partial charge on any atom is -0.370 e. The Kier molecular flexibility index (Phi) is 7.28. The maximum Gasteiger partial charge on any atom is 0.330 e. The van der Waals surface area contributed by atoms with Crippen LogP contribution in [0.4, 0.5) is 28.0 Å². The maximum absolute atomic E-state index is 12.7. The lowest BCUT2D eigenvalue weighted by Crippen LogP contribution is -2.35. The molecule has 0 heterocycles. The van der Waals surface area contributed by atoms with Crippen molar-refractivity contribution in [2.75, 3.05) is 11.9 Å². The van der Waals surface area contributed by atoms with E-state index >= 15 is 0 Å². The Morgan fingerprint density at radius 3 is 2.65 bits per heavy atom. The summed E-state index contributed by atoms with van der Waals surface area (Å²) in [6, 6.07) is 5.95. The zero-order valence-corrected chi connectivity index (χ0v) is 12.9. The van der Waals surface area contributed by atoms with Gasteiger partial charge < -0.3 is 15.4 Å². The van der Waals surface area contributed by atoms with Gasteiger partial charge in [-0.15, -0.1) is 0 Å². The van der Waals surface area contributed by atoms with Crippen LogP contribution in [0, 0.1) is 0 Å². The highest BCUT2D eigenvalue weighted by Crippen LogP contribution is 2.23. The van der Waals surface area contributed by atoms with Crippen LogP contribution < -0.4 is 10.6 Å². The van der Waals surface area contributed by atoms with Crippen LogP contribution in [-0.2, 0) is 11.3 Å². The molecule has 1 unspecified atom stereocenters. The molecule has 1 aromatic rings. The monoisotopic (exact) mass is 336 g/mol. The molecule has 2 amide bonds. The number of hydrogen-bond acceptors (Lipinski definition) is 2. The third kappa shape index (κ3) is 6.85. The van der Waals surface area contributed by atoms with Crippen molar-refractivity contribution in [2.24, 2.45) is 0 Å². The van der Waals surface area contributed by atoms with E-state index in [1.54, 1.807) is 18.2 Å². The third-order valence-corrected chi connectivity index (χ3v) is 3.06. The van der Waals surface area contributed by atoms with E-state index < -0.39 is 19.0 Å². The molecule has 23 heavy (non-hydrogen) atoms. The highest BCUT2D eigenvalue weighted by molar-refractivity contribution is 5.89. The van der Waals surface area contributed by atoms with E-state index in [9.17, 15) is 22.4 Å². The summed E-state index contributed by atoms with van der Waals surface area (Å²) in [6.07, 6.45) is -2.99. The number of benzene rings is 1. The number of rotatable bonds is 8. The number of carbonyl (C=O) groups excluding carboxylic acids is 1. The second kappa shape index (κ2) is 8.71. The molecule has 130 valence electrons. The molecule has 8 heteroatoms. The van der Waals surface area contributed by atoms with Crippen LogP contribution in [0.1, 0.15) is 25.8 Å². The molecule has 1 rings (SSSR count). The Morgan fingerprint density at radius 2 is 2.04 bits per heavy atom. The van der Waals surface area contributed by atoms with Crippen LogP contribution in [0.3, 0.4) is 0 Å². The molecular weight excluding hydrogens is 316 g/mol. The van der Waals surface area contributed by atoms with E-state index in [1.165, 1.54) is 6.07 Å². The van der Waals surface area contributed by atoms with Gasteiger partial charge >= 0.3 is 18.4 Å². The number of urea groups is 1. The van der Waals surface area contributed by atoms with E-state index in [1.807, 2.05) is 13.8 Å². The van der Waals surface area contributed by atoms with E-state index in [0.717, 1.165) is 6.42 Å². The Bertz CT molecular complexity index is 512. The van der Waals surface area contributed by atoms with Crippen LogP contribution >= 0.6 is 0 Å². The number of carbonyl (C=O) groups is 1. The summed E-state index contributed by atoms with van der Waals surface area (Å²) in [5.41, 5.74) is 0.934. The van der Waals surface area contributed by atoms with Crippen molar-refractivity contribution in [2.45, 2.75) is 45.3 Å². The Hall–Kier alpha value is -1.83. The zero-order valence-electron chi connectivity index (χ0n) is 12.9. The van der Waals surface area contributed by atoms with Gasteiger partial charge in [0, 0.05) is 11.7 Å². The number of amides is 2. The smallest absolute Gasteiger partial charge is 0.330 e. The quantitative estimate of drug-likeness (QED) is 0.705. The summed E-state index contributed by atoms with van der Waals surface area (Å²) in [5.74, 6) is -4.17. The second-order valence-corrected chi connectivity index (χ2v) is 5.16. The molecule has 0 aliphatic rings. The fourth-order valence-electron chi connectivity index (χ4n) is 1.60. The molecule has 0 saturated carbocycles. The standard InChI is InChI=1S/C15H20F4N2O2/c1-3-10(2)20-14(22)21-12-6-4-5-11(7-12)8-23-9-15(18,19)13(16)17/h4-7,10,13H,3,8-9H2,1-2H3,(H2,20,21,22). The van der Waals surface area contributed by atoms with Crippen LogP contribution in [0.25, 0.3) is 0 Å². The van der Waals surface area contributed by atoms with Gasteiger partial charge in [-0.05, 0) is 31.0 Å². The highest BCUT2D eigenvalue weighted by atomic mass is 19.3. The molecule has 0 aliphatic carbocycles. The predicted molar refractivity (Wildman–Crippen MR) is 79.0 cm³/mol. The molecule has 2 N–H and O–H groups in total. The first-order valence-electron chi connectivity index (χ1n) is 7.14. The fraction of sp³-hybridized carbons (Fsp3) is 0.533. The van der Waals surface area contributed by atoms with Crippen molar-refractivity contribution in [3.8, 4) is 0 Å². The summed E-state index contributed by atoms with van der Waals surface area (Å²) < 4.78 is 54.0. The molecule has 0 aromatic heterocycles. The zero-order chi connectivity index (χ0) is 17.5. The molecule has 1 aromatic carbocycles. The van der Waals surface area contributed by atoms with Gasteiger partial charge in [-0.3, -0.25) is 0 Å². The normalized spacial score (nSPS) is 13.0. The van der Waals surface area contributed by atoms with Crippen molar-refractivity contribution < 1.29 is 27.1 Å². The SMILES string of the molecule is CCC(C)NC(=O)Nc1cccc(COCC(F)(F)C(F)F)c1. The van der Waals surface area contributed by atoms with E-state index in [0.29, 0.717) is 11.3 Å². The predicted octanol–water partition coefficient (Wildman–Crippen LogP) is 4.02. The lowest BCUT2D eigenvalue weighted by Gasteiger charge is -2.15. The maximum atomic E-state index is 12.7. The van der Waals surface area contributed by atoms with E-state index in [-0.39, 0.29) is 18.7 Å². The largest absolute Gasteiger partial charge is 0.370 e. The van der Waals surface area contributed by atoms with Crippen molar-refractivity contribution in [3.63, 3.8) is 0 Å². The molecule has 4 nitrogen and oxygen atoms in total. The molecule has 0 saturated heterocycles. The van der Waals surface area contributed by atoms with Gasteiger partial charge in [0.15, 0.2) is 0 Å². The summed E-state index contributed by atoms with van der Waals surface area (Å²) in [7, 11) is 0. The molecule has 1 atom stereocenters. The number of anilines is 1. The van der Waals surface area contributed by atoms with Crippen molar-refractivity contribution in [1.82, 2.24) is 5.32 Å². The average Bonchev–Trinajstić information content (AvgIpc) is 2.47. The van der Waals surface area contributed by atoms with Crippen molar-refractivity contribution >= 4 is 11.7 Å². The van der Waals surface area contributed by atoms with Gasteiger partial charge in [0.2, 0.25) is 0 Å². The highest BCUT2D eigenvalue weighted by Gasteiger charge is 2.40. The third-order valence-electron chi connectivity index (χ3n) is 3.06. The molecule has 0 radical (unpaired) electrons. The molecule has 0 spiro atoms. The van der Waals surface area contributed by atoms with Gasteiger partial charge in [0.05, 0.1) is 6.61 Å². The summed E-state index contributed by atoms with van der Waals surface area (Å²) in [5, 5.41) is 5.31. The van der Waals surface area contributed by atoms with Crippen LogP contribution in [0.15, 0.2) is 24.3 Å². The average molecular weight is 336 g/mol. The lowest BCUT2D eigenvalue weighted by atomic mass is 10.2.